The minimum atomic E-state index is -1.10. The molecule has 0 bridgehead atoms. The molecule has 0 radical (unpaired) electrons. The highest BCUT2D eigenvalue weighted by atomic mass is 16.4. The molecule has 7 heteroatoms. The van der Waals surface area contributed by atoms with Crippen LogP contribution < -0.4 is 16.4 Å². The van der Waals surface area contributed by atoms with Gasteiger partial charge in [-0.2, -0.15) is 0 Å². The summed E-state index contributed by atoms with van der Waals surface area (Å²) in [6, 6.07) is -1.03. The maximum Gasteiger partial charge on any atom is 0.322 e. The van der Waals surface area contributed by atoms with E-state index in [1.54, 1.807) is 0 Å². The van der Waals surface area contributed by atoms with E-state index in [0.717, 1.165) is 26.2 Å². The quantitative estimate of drug-likeness (QED) is 0.423. The molecule has 1 aliphatic heterocycles. The van der Waals surface area contributed by atoms with Gasteiger partial charge in [-0.3, -0.25) is 9.59 Å². The molecule has 1 aliphatic rings. The number of nitrogens with two attached hydrogens (primary N) is 1. The molecule has 1 rings (SSSR count). The average molecular weight is 244 g/mol. The van der Waals surface area contributed by atoms with E-state index >= 15 is 0 Å². The lowest BCUT2D eigenvalue weighted by Crippen LogP contribution is -2.46. The molecular weight excluding hydrogens is 224 g/mol. The highest BCUT2D eigenvalue weighted by molar-refractivity contribution is 5.78. The van der Waals surface area contributed by atoms with Gasteiger partial charge in [0.1, 0.15) is 6.04 Å². The number of aliphatic carboxylic acids is 1. The molecule has 1 heterocycles. The highest BCUT2D eigenvalue weighted by Crippen LogP contribution is 1.94. The van der Waals surface area contributed by atoms with E-state index in [9.17, 15) is 9.59 Å². The van der Waals surface area contributed by atoms with Gasteiger partial charge in [-0.25, -0.2) is 0 Å². The Bertz CT molecular complexity index is 266. The van der Waals surface area contributed by atoms with Gasteiger partial charge in [0.25, 0.3) is 0 Å². The second kappa shape index (κ2) is 7.21. The van der Waals surface area contributed by atoms with Crippen molar-refractivity contribution in [1.29, 1.82) is 0 Å². The number of amides is 1. The Hall–Kier alpha value is -1.18. The molecule has 1 amide bonds. The lowest BCUT2D eigenvalue weighted by Gasteiger charge is -2.26. The Balaban J connectivity index is 2.10. The van der Waals surface area contributed by atoms with Crippen molar-refractivity contribution in [1.82, 2.24) is 15.5 Å². The zero-order valence-corrected chi connectivity index (χ0v) is 9.82. The standard InChI is InChI=1S/C10H20N4O3/c11-8(10(16)17)7-13-9(15)1-4-14-5-2-12-3-6-14/h8,12H,1-7,11H2,(H,13,15)(H,16,17)/t8-/m0/s1. The molecule has 0 unspecified atom stereocenters. The highest BCUT2D eigenvalue weighted by Gasteiger charge is 2.14. The molecule has 5 N–H and O–H groups in total. The minimum Gasteiger partial charge on any atom is -0.480 e. The molecular formula is C10H20N4O3. The van der Waals surface area contributed by atoms with Crippen LogP contribution in [-0.2, 0) is 9.59 Å². The molecule has 98 valence electrons. The number of carboxylic acids is 1. The molecule has 17 heavy (non-hydrogen) atoms. The van der Waals surface area contributed by atoms with Crippen molar-refractivity contribution in [3.05, 3.63) is 0 Å². The molecule has 0 aromatic rings. The fourth-order valence-corrected chi connectivity index (χ4v) is 1.59. The van der Waals surface area contributed by atoms with Crippen LogP contribution in [0.15, 0.2) is 0 Å². The topological polar surface area (TPSA) is 108 Å². The summed E-state index contributed by atoms with van der Waals surface area (Å²) >= 11 is 0. The van der Waals surface area contributed by atoms with Crippen molar-refractivity contribution in [3.8, 4) is 0 Å². The van der Waals surface area contributed by atoms with Crippen molar-refractivity contribution in [2.45, 2.75) is 12.5 Å². The smallest absolute Gasteiger partial charge is 0.322 e. The van der Waals surface area contributed by atoms with E-state index < -0.39 is 12.0 Å². The summed E-state index contributed by atoms with van der Waals surface area (Å²) in [7, 11) is 0. The van der Waals surface area contributed by atoms with E-state index in [1.165, 1.54) is 0 Å². The van der Waals surface area contributed by atoms with Crippen molar-refractivity contribution < 1.29 is 14.7 Å². The van der Waals surface area contributed by atoms with Crippen LogP contribution in [0.3, 0.4) is 0 Å². The van der Waals surface area contributed by atoms with Crippen LogP contribution in [0.5, 0.6) is 0 Å². The van der Waals surface area contributed by atoms with Crippen LogP contribution >= 0.6 is 0 Å². The summed E-state index contributed by atoms with van der Waals surface area (Å²) in [5.41, 5.74) is 5.27. The van der Waals surface area contributed by atoms with Gasteiger partial charge in [-0.05, 0) is 0 Å². The predicted octanol–water partition coefficient (Wildman–Crippen LogP) is -2.19. The number of rotatable bonds is 6. The fourth-order valence-electron chi connectivity index (χ4n) is 1.59. The summed E-state index contributed by atoms with van der Waals surface area (Å²) in [4.78, 5) is 24.0. The van der Waals surface area contributed by atoms with Gasteiger partial charge in [-0.1, -0.05) is 0 Å². The molecule has 1 saturated heterocycles. The zero-order chi connectivity index (χ0) is 12.7. The number of carbonyl (C=O) groups excluding carboxylic acids is 1. The third-order valence-corrected chi connectivity index (χ3v) is 2.70. The Morgan fingerprint density at radius 1 is 1.41 bits per heavy atom. The molecule has 0 aromatic carbocycles. The van der Waals surface area contributed by atoms with Gasteiger partial charge in [0.05, 0.1) is 0 Å². The normalized spacial score (nSPS) is 18.6. The van der Waals surface area contributed by atoms with Crippen LogP contribution in [-0.4, -0.2) is 67.2 Å². The largest absolute Gasteiger partial charge is 0.480 e. The number of nitrogens with zero attached hydrogens (tertiary/aromatic N) is 1. The Kier molecular flexibility index (Phi) is 5.88. The van der Waals surface area contributed by atoms with Gasteiger partial charge < -0.3 is 26.4 Å². The summed E-state index contributed by atoms with van der Waals surface area (Å²) < 4.78 is 0. The summed E-state index contributed by atoms with van der Waals surface area (Å²) in [6.07, 6.45) is 0.381. The van der Waals surface area contributed by atoms with Crippen LogP contribution in [0.4, 0.5) is 0 Å². The Labute approximate surface area is 100 Å². The summed E-state index contributed by atoms with van der Waals surface area (Å²) in [5, 5.41) is 14.3. The van der Waals surface area contributed by atoms with E-state index in [0.29, 0.717) is 13.0 Å². The van der Waals surface area contributed by atoms with Crippen molar-refractivity contribution in [2.75, 3.05) is 39.3 Å². The van der Waals surface area contributed by atoms with Crippen LogP contribution in [0.25, 0.3) is 0 Å². The van der Waals surface area contributed by atoms with Crippen molar-refractivity contribution in [3.63, 3.8) is 0 Å². The van der Waals surface area contributed by atoms with Crippen LogP contribution in [0, 0.1) is 0 Å². The third kappa shape index (κ3) is 5.62. The number of piperazine rings is 1. The van der Waals surface area contributed by atoms with Gasteiger partial charge in [0, 0.05) is 45.7 Å². The van der Waals surface area contributed by atoms with Gasteiger partial charge in [0.15, 0.2) is 0 Å². The number of hydrogen-bond acceptors (Lipinski definition) is 5. The number of carbonyl (C=O) groups is 2. The molecule has 1 fully saturated rings. The van der Waals surface area contributed by atoms with Crippen molar-refractivity contribution in [2.24, 2.45) is 5.73 Å². The van der Waals surface area contributed by atoms with E-state index in [1.807, 2.05) is 0 Å². The average Bonchev–Trinajstić information content (AvgIpc) is 2.34. The van der Waals surface area contributed by atoms with Gasteiger partial charge in [-0.15, -0.1) is 0 Å². The fraction of sp³-hybridized carbons (Fsp3) is 0.800. The van der Waals surface area contributed by atoms with E-state index in [4.69, 9.17) is 10.8 Å². The lowest BCUT2D eigenvalue weighted by molar-refractivity contribution is -0.138. The first-order chi connectivity index (χ1) is 8.09. The maximum absolute atomic E-state index is 11.4. The van der Waals surface area contributed by atoms with Crippen molar-refractivity contribution >= 4 is 11.9 Å². The second-order valence-electron chi connectivity index (χ2n) is 4.09. The van der Waals surface area contributed by atoms with Gasteiger partial charge >= 0.3 is 5.97 Å². The van der Waals surface area contributed by atoms with Crippen LogP contribution in [0.2, 0.25) is 0 Å². The SMILES string of the molecule is N[C@@H](CNC(=O)CCN1CCNCC1)C(=O)O. The second-order valence-corrected chi connectivity index (χ2v) is 4.09. The molecule has 0 aliphatic carbocycles. The molecule has 1 atom stereocenters. The molecule has 0 spiro atoms. The van der Waals surface area contributed by atoms with E-state index in [2.05, 4.69) is 15.5 Å². The first-order valence-electron chi connectivity index (χ1n) is 5.78. The first-order valence-corrected chi connectivity index (χ1v) is 5.78. The number of nitrogens with one attached hydrogen (secondary N) is 2. The first kappa shape index (κ1) is 13.9. The van der Waals surface area contributed by atoms with E-state index in [-0.39, 0.29) is 12.5 Å². The third-order valence-electron chi connectivity index (χ3n) is 2.70. The lowest BCUT2D eigenvalue weighted by atomic mass is 10.3. The van der Waals surface area contributed by atoms with Crippen LogP contribution in [0.1, 0.15) is 6.42 Å². The maximum atomic E-state index is 11.4. The molecule has 7 nitrogen and oxygen atoms in total. The molecule has 0 saturated carbocycles. The summed E-state index contributed by atoms with van der Waals surface area (Å²) in [5.74, 6) is -1.26. The summed E-state index contributed by atoms with van der Waals surface area (Å²) in [6.45, 7) is 4.48. The van der Waals surface area contributed by atoms with Gasteiger partial charge in [0.2, 0.25) is 5.91 Å². The minimum absolute atomic E-state index is 0.0181. The molecule has 0 aromatic heterocycles. The number of carboxylic acid groups (broad SMARTS) is 1. The Morgan fingerprint density at radius 3 is 2.65 bits per heavy atom. The monoisotopic (exact) mass is 244 g/mol. The predicted molar refractivity (Wildman–Crippen MR) is 62.5 cm³/mol. The number of hydrogen-bond donors (Lipinski definition) is 4. The Morgan fingerprint density at radius 2 is 2.06 bits per heavy atom. The zero-order valence-electron chi connectivity index (χ0n) is 9.82.